The summed E-state index contributed by atoms with van der Waals surface area (Å²) in [6.45, 7) is 0.864. The summed E-state index contributed by atoms with van der Waals surface area (Å²) in [4.78, 5) is 18.5. The number of rotatable bonds is 3. The van der Waals surface area contributed by atoms with Crippen LogP contribution in [0.15, 0.2) is 36.8 Å². The van der Waals surface area contributed by atoms with Crippen molar-refractivity contribution in [2.75, 3.05) is 13.2 Å². The zero-order valence-corrected chi connectivity index (χ0v) is 13.4. The van der Waals surface area contributed by atoms with Crippen molar-refractivity contribution in [2.24, 2.45) is 0 Å². The molecule has 0 radical (unpaired) electrons. The quantitative estimate of drug-likeness (QED) is 0.839. The van der Waals surface area contributed by atoms with Gasteiger partial charge in [-0.3, -0.25) is 4.79 Å². The number of aromatic nitrogens is 3. The maximum Gasteiger partial charge on any atom is 0.256 e. The molecule has 2 fully saturated rings. The first-order chi connectivity index (χ1) is 12.2. The summed E-state index contributed by atoms with van der Waals surface area (Å²) in [5, 5.41) is 7.46. The third kappa shape index (κ3) is 3.05. The molecule has 2 bridgehead atoms. The van der Waals surface area contributed by atoms with Gasteiger partial charge < -0.3 is 14.4 Å². The number of amides is 1. The number of ether oxygens (including phenoxy) is 2. The Morgan fingerprint density at radius 1 is 1.28 bits per heavy atom. The number of carbonyl (C=O) groups is 1. The van der Waals surface area contributed by atoms with E-state index in [2.05, 4.69) is 15.2 Å². The van der Waals surface area contributed by atoms with E-state index in [4.69, 9.17) is 9.47 Å². The Balaban J connectivity index is 1.60. The van der Waals surface area contributed by atoms with Gasteiger partial charge in [-0.2, -0.15) is 10.2 Å². The fourth-order valence-electron chi connectivity index (χ4n) is 3.47. The number of hydrogen-bond acceptors (Lipinski definition) is 6. The zero-order chi connectivity index (χ0) is 17.2. The molecule has 0 spiro atoms. The standard InChI is InChI=1S/C17H17FN4O3/c18-12-2-1-6-19-16(12)25-15-13-3-4-14(15)24-9-8-22(13)17(23)11-5-7-20-21-10-11/h1-2,5-7,10,13-15H,3-4,8-9H2/t13-,14-,15+/m0/s1. The van der Waals surface area contributed by atoms with Gasteiger partial charge in [-0.1, -0.05) is 0 Å². The van der Waals surface area contributed by atoms with Crippen LogP contribution in [0.5, 0.6) is 5.88 Å². The molecular formula is C17H17FN4O3. The maximum atomic E-state index is 13.9. The Kier molecular flexibility index (Phi) is 4.27. The van der Waals surface area contributed by atoms with Crippen LogP contribution >= 0.6 is 0 Å². The Bertz CT molecular complexity index is 761. The number of fused-ring (bicyclic) bond motifs is 2. The van der Waals surface area contributed by atoms with Crippen LogP contribution in [-0.2, 0) is 4.74 Å². The lowest BCUT2D eigenvalue weighted by Crippen LogP contribution is -2.47. The van der Waals surface area contributed by atoms with Gasteiger partial charge in [0.05, 0.1) is 36.7 Å². The summed E-state index contributed by atoms with van der Waals surface area (Å²) in [6, 6.07) is 4.23. The van der Waals surface area contributed by atoms with Gasteiger partial charge in [0.1, 0.15) is 6.10 Å². The molecule has 0 unspecified atom stereocenters. The second kappa shape index (κ2) is 6.72. The molecule has 3 heterocycles. The van der Waals surface area contributed by atoms with Crippen LogP contribution in [0.2, 0.25) is 0 Å². The van der Waals surface area contributed by atoms with Crippen LogP contribution in [0.1, 0.15) is 23.2 Å². The number of nitrogens with zero attached hydrogens (tertiary/aromatic N) is 4. The first-order valence-corrected chi connectivity index (χ1v) is 8.20. The predicted octanol–water partition coefficient (Wildman–Crippen LogP) is 1.46. The van der Waals surface area contributed by atoms with E-state index in [0.29, 0.717) is 18.7 Å². The Labute approximate surface area is 143 Å². The molecule has 1 aliphatic carbocycles. The number of hydrogen-bond donors (Lipinski definition) is 0. The van der Waals surface area contributed by atoms with Crippen molar-refractivity contribution in [3.05, 3.63) is 48.2 Å². The summed E-state index contributed by atoms with van der Waals surface area (Å²) in [7, 11) is 0. The molecule has 8 heteroatoms. The van der Waals surface area contributed by atoms with Gasteiger partial charge in [0.2, 0.25) is 0 Å². The predicted molar refractivity (Wildman–Crippen MR) is 84.4 cm³/mol. The summed E-state index contributed by atoms with van der Waals surface area (Å²) < 4.78 is 25.6. The summed E-state index contributed by atoms with van der Waals surface area (Å²) >= 11 is 0. The average molecular weight is 344 g/mol. The number of halogens is 1. The van der Waals surface area contributed by atoms with Crippen LogP contribution in [0.3, 0.4) is 0 Å². The number of pyridine rings is 1. The molecule has 3 atom stereocenters. The van der Waals surface area contributed by atoms with E-state index in [0.717, 1.165) is 12.8 Å². The van der Waals surface area contributed by atoms with Gasteiger partial charge in [-0.15, -0.1) is 0 Å². The van der Waals surface area contributed by atoms with Crippen LogP contribution in [0.4, 0.5) is 4.39 Å². The molecule has 2 aliphatic rings. The second-order valence-electron chi connectivity index (χ2n) is 6.06. The van der Waals surface area contributed by atoms with E-state index < -0.39 is 11.9 Å². The summed E-state index contributed by atoms with van der Waals surface area (Å²) in [5.74, 6) is -0.739. The van der Waals surface area contributed by atoms with Gasteiger partial charge in [-0.05, 0) is 31.0 Å². The smallest absolute Gasteiger partial charge is 0.256 e. The summed E-state index contributed by atoms with van der Waals surface area (Å²) in [5.41, 5.74) is 0.461. The van der Waals surface area contributed by atoms with Gasteiger partial charge in [0.15, 0.2) is 5.82 Å². The van der Waals surface area contributed by atoms with Gasteiger partial charge >= 0.3 is 0 Å². The highest BCUT2D eigenvalue weighted by atomic mass is 19.1. The zero-order valence-electron chi connectivity index (χ0n) is 13.4. The molecule has 1 saturated heterocycles. The highest BCUT2D eigenvalue weighted by molar-refractivity contribution is 5.94. The first-order valence-electron chi connectivity index (χ1n) is 8.20. The third-order valence-electron chi connectivity index (χ3n) is 4.62. The van der Waals surface area contributed by atoms with E-state index in [1.807, 2.05) is 0 Å². The van der Waals surface area contributed by atoms with Gasteiger partial charge in [-0.25, -0.2) is 9.37 Å². The van der Waals surface area contributed by atoms with Crippen LogP contribution in [0.25, 0.3) is 0 Å². The molecule has 0 aromatic carbocycles. The Morgan fingerprint density at radius 2 is 2.20 bits per heavy atom. The van der Waals surface area contributed by atoms with Crippen molar-refractivity contribution in [1.29, 1.82) is 0 Å². The highest BCUT2D eigenvalue weighted by Crippen LogP contribution is 2.33. The molecule has 2 aromatic heterocycles. The molecule has 7 nitrogen and oxygen atoms in total. The highest BCUT2D eigenvalue weighted by Gasteiger charge is 2.46. The van der Waals surface area contributed by atoms with Crippen molar-refractivity contribution < 1.29 is 18.7 Å². The van der Waals surface area contributed by atoms with Crippen molar-refractivity contribution in [3.63, 3.8) is 0 Å². The monoisotopic (exact) mass is 344 g/mol. The van der Waals surface area contributed by atoms with Crippen molar-refractivity contribution in [1.82, 2.24) is 20.1 Å². The largest absolute Gasteiger partial charge is 0.467 e. The van der Waals surface area contributed by atoms with Crippen LogP contribution < -0.4 is 4.74 Å². The minimum absolute atomic E-state index is 0.0622. The minimum Gasteiger partial charge on any atom is -0.467 e. The molecule has 4 rings (SSSR count). The maximum absolute atomic E-state index is 13.9. The van der Waals surface area contributed by atoms with E-state index in [9.17, 15) is 9.18 Å². The Morgan fingerprint density at radius 3 is 3.00 bits per heavy atom. The molecule has 2 aromatic rings. The van der Waals surface area contributed by atoms with Crippen LogP contribution in [0, 0.1) is 5.82 Å². The lowest BCUT2D eigenvalue weighted by Gasteiger charge is -2.31. The molecular weight excluding hydrogens is 327 g/mol. The molecule has 1 amide bonds. The third-order valence-corrected chi connectivity index (χ3v) is 4.62. The number of carbonyl (C=O) groups excluding carboxylic acids is 1. The van der Waals surface area contributed by atoms with E-state index >= 15 is 0 Å². The van der Waals surface area contributed by atoms with E-state index in [1.54, 1.807) is 11.0 Å². The average Bonchev–Trinajstić information content (AvgIpc) is 2.92. The van der Waals surface area contributed by atoms with Crippen molar-refractivity contribution >= 4 is 5.91 Å². The lowest BCUT2D eigenvalue weighted by atomic mass is 10.1. The van der Waals surface area contributed by atoms with E-state index in [-0.39, 0.29) is 23.9 Å². The fourth-order valence-corrected chi connectivity index (χ4v) is 3.47. The van der Waals surface area contributed by atoms with Crippen LogP contribution in [-0.4, -0.2) is 57.4 Å². The molecule has 1 aliphatic heterocycles. The Hall–Kier alpha value is -2.61. The fraction of sp³-hybridized carbons (Fsp3) is 0.412. The first kappa shape index (κ1) is 15.9. The van der Waals surface area contributed by atoms with Crippen molar-refractivity contribution in [2.45, 2.75) is 31.1 Å². The minimum atomic E-state index is -0.526. The van der Waals surface area contributed by atoms with Crippen molar-refractivity contribution in [3.8, 4) is 5.88 Å². The topological polar surface area (TPSA) is 77.4 Å². The molecule has 0 N–H and O–H groups in total. The summed E-state index contributed by atoms with van der Waals surface area (Å²) in [6.07, 6.45) is 5.25. The second-order valence-corrected chi connectivity index (χ2v) is 6.06. The normalized spacial score (nSPS) is 25.5. The molecule has 1 saturated carbocycles. The molecule has 130 valence electrons. The van der Waals surface area contributed by atoms with Gasteiger partial charge in [0, 0.05) is 12.7 Å². The van der Waals surface area contributed by atoms with Gasteiger partial charge in [0.25, 0.3) is 11.8 Å². The molecule has 25 heavy (non-hydrogen) atoms. The van der Waals surface area contributed by atoms with E-state index in [1.165, 1.54) is 30.7 Å². The SMILES string of the molecule is O=C(c1ccnnc1)N1CCO[C@H]2CC[C@H]1[C@H]2Oc1ncccc1F. The lowest BCUT2D eigenvalue weighted by molar-refractivity contribution is 0.000308.